The van der Waals surface area contributed by atoms with Gasteiger partial charge < -0.3 is 4.57 Å². The highest BCUT2D eigenvalue weighted by atomic mass is 15.0. The molecular formula is C13H16N2. The Morgan fingerprint density at radius 1 is 1.20 bits per heavy atom. The molecule has 0 amide bonds. The highest BCUT2D eigenvalue weighted by Crippen LogP contribution is 2.17. The van der Waals surface area contributed by atoms with Crippen LogP contribution in [-0.4, -0.2) is 9.55 Å². The predicted octanol–water partition coefficient (Wildman–Crippen LogP) is 3.04. The predicted molar refractivity (Wildman–Crippen MR) is 62.6 cm³/mol. The van der Waals surface area contributed by atoms with Crippen LogP contribution in [0.3, 0.4) is 0 Å². The molecular weight excluding hydrogens is 184 g/mol. The summed E-state index contributed by atoms with van der Waals surface area (Å²) in [4.78, 5) is 4.32. The Morgan fingerprint density at radius 2 is 1.93 bits per heavy atom. The van der Waals surface area contributed by atoms with Crippen molar-refractivity contribution in [2.45, 2.75) is 19.8 Å². The summed E-state index contributed by atoms with van der Waals surface area (Å²) in [6, 6.07) is 8.67. The molecule has 0 saturated heterocycles. The van der Waals surface area contributed by atoms with E-state index < -0.39 is 0 Å². The first-order chi connectivity index (χ1) is 7.29. The molecule has 0 spiro atoms. The molecule has 1 aromatic carbocycles. The van der Waals surface area contributed by atoms with Crippen LogP contribution in [0.15, 0.2) is 36.8 Å². The third kappa shape index (κ3) is 2.27. The standard InChI is InChI=1S/C13H16N2/c1-3-4-11-5-7-12(8-6-11)13-9-15(2)10-14-13/h5-10H,3-4H2,1-2H3. The van der Waals surface area contributed by atoms with E-state index in [1.54, 1.807) is 0 Å². The largest absolute Gasteiger partial charge is 0.340 e. The van der Waals surface area contributed by atoms with E-state index in [9.17, 15) is 0 Å². The molecule has 15 heavy (non-hydrogen) atoms. The first-order valence-electron chi connectivity index (χ1n) is 5.37. The van der Waals surface area contributed by atoms with Crippen molar-refractivity contribution < 1.29 is 0 Å². The topological polar surface area (TPSA) is 17.8 Å². The number of nitrogens with zero attached hydrogens (tertiary/aromatic N) is 2. The molecule has 78 valence electrons. The van der Waals surface area contributed by atoms with Crippen LogP contribution in [0, 0.1) is 0 Å². The first kappa shape index (κ1) is 9.97. The quantitative estimate of drug-likeness (QED) is 0.744. The SMILES string of the molecule is CCCc1ccc(-c2cn(C)cn2)cc1. The molecule has 2 rings (SSSR count). The fourth-order valence-corrected chi connectivity index (χ4v) is 1.69. The normalized spacial score (nSPS) is 10.5. The van der Waals surface area contributed by atoms with Crippen LogP contribution < -0.4 is 0 Å². The van der Waals surface area contributed by atoms with Gasteiger partial charge in [0.05, 0.1) is 12.0 Å². The molecule has 0 saturated carbocycles. The summed E-state index contributed by atoms with van der Waals surface area (Å²) in [5, 5.41) is 0. The number of benzene rings is 1. The molecule has 0 aliphatic carbocycles. The van der Waals surface area contributed by atoms with Crippen molar-refractivity contribution in [1.82, 2.24) is 9.55 Å². The van der Waals surface area contributed by atoms with Gasteiger partial charge >= 0.3 is 0 Å². The lowest BCUT2D eigenvalue weighted by molar-refractivity contribution is 0.913. The minimum Gasteiger partial charge on any atom is -0.340 e. The Balaban J connectivity index is 2.23. The number of aromatic nitrogens is 2. The molecule has 2 heteroatoms. The fraction of sp³-hybridized carbons (Fsp3) is 0.308. The maximum absolute atomic E-state index is 4.32. The van der Waals surface area contributed by atoms with E-state index in [1.807, 2.05) is 24.1 Å². The van der Waals surface area contributed by atoms with E-state index in [2.05, 4.69) is 36.2 Å². The van der Waals surface area contributed by atoms with E-state index in [0.29, 0.717) is 0 Å². The van der Waals surface area contributed by atoms with Crippen LogP contribution in [0.2, 0.25) is 0 Å². The van der Waals surface area contributed by atoms with Crippen molar-refractivity contribution in [2.24, 2.45) is 7.05 Å². The van der Waals surface area contributed by atoms with Gasteiger partial charge in [-0.1, -0.05) is 37.6 Å². The lowest BCUT2D eigenvalue weighted by Gasteiger charge is -2.00. The molecule has 0 radical (unpaired) electrons. The Labute approximate surface area is 90.6 Å². The number of hydrogen-bond donors (Lipinski definition) is 0. The van der Waals surface area contributed by atoms with Gasteiger partial charge in [-0.2, -0.15) is 0 Å². The van der Waals surface area contributed by atoms with E-state index in [4.69, 9.17) is 0 Å². The van der Waals surface area contributed by atoms with Gasteiger partial charge in [0.15, 0.2) is 0 Å². The van der Waals surface area contributed by atoms with Crippen LogP contribution in [0.5, 0.6) is 0 Å². The van der Waals surface area contributed by atoms with Gasteiger partial charge in [-0.15, -0.1) is 0 Å². The van der Waals surface area contributed by atoms with Crippen molar-refractivity contribution in [3.05, 3.63) is 42.4 Å². The Hall–Kier alpha value is -1.57. The van der Waals surface area contributed by atoms with Gasteiger partial charge in [-0.05, 0) is 12.0 Å². The number of aryl methyl sites for hydroxylation is 2. The maximum atomic E-state index is 4.32. The third-order valence-electron chi connectivity index (χ3n) is 2.49. The minimum atomic E-state index is 1.04. The van der Waals surface area contributed by atoms with Crippen molar-refractivity contribution in [2.75, 3.05) is 0 Å². The molecule has 2 nitrogen and oxygen atoms in total. The van der Waals surface area contributed by atoms with E-state index >= 15 is 0 Å². The summed E-state index contributed by atoms with van der Waals surface area (Å²) >= 11 is 0. The zero-order valence-electron chi connectivity index (χ0n) is 9.27. The van der Waals surface area contributed by atoms with Gasteiger partial charge in [0, 0.05) is 18.8 Å². The van der Waals surface area contributed by atoms with Gasteiger partial charge in [0.25, 0.3) is 0 Å². The average molecular weight is 200 g/mol. The number of imidazole rings is 1. The number of rotatable bonds is 3. The second-order valence-electron chi connectivity index (χ2n) is 3.87. The average Bonchev–Trinajstić information content (AvgIpc) is 2.67. The second-order valence-corrected chi connectivity index (χ2v) is 3.87. The monoisotopic (exact) mass is 200 g/mol. The lowest BCUT2D eigenvalue weighted by Crippen LogP contribution is -1.83. The van der Waals surface area contributed by atoms with Crippen molar-refractivity contribution in [3.8, 4) is 11.3 Å². The smallest absolute Gasteiger partial charge is 0.0951 e. The Bertz CT molecular complexity index is 426. The van der Waals surface area contributed by atoms with Gasteiger partial charge in [-0.3, -0.25) is 0 Å². The Kier molecular flexibility index (Phi) is 2.86. The first-order valence-corrected chi connectivity index (χ1v) is 5.37. The third-order valence-corrected chi connectivity index (χ3v) is 2.49. The van der Waals surface area contributed by atoms with Crippen LogP contribution in [0.4, 0.5) is 0 Å². The van der Waals surface area contributed by atoms with Crippen LogP contribution in [0.25, 0.3) is 11.3 Å². The van der Waals surface area contributed by atoms with Crippen LogP contribution in [0.1, 0.15) is 18.9 Å². The Morgan fingerprint density at radius 3 is 2.47 bits per heavy atom. The fourth-order valence-electron chi connectivity index (χ4n) is 1.69. The van der Waals surface area contributed by atoms with Crippen LogP contribution in [-0.2, 0) is 13.5 Å². The molecule has 0 aliphatic heterocycles. The van der Waals surface area contributed by atoms with Crippen molar-refractivity contribution in [3.63, 3.8) is 0 Å². The zero-order chi connectivity index (χ0) is 10.7. The van der Waals surface area contributed by atoms with E-state index in [0.717, 1.165) is 12.1 Å². The van der Waals surface area contributed by atoms with Crippen molar-refractivity contribution in [1.29, 1.82) is 0 Å². The summed E-state index contributed by atoms with van der Waals surface area (Å²) in [5.41, 5.74) is 3.63. The molecule has 0 aliphatic rings. The highest BCUT2D eigenvalue weighted by molar-refractivity contribution is 5.58. The van der Waals surface area contributed by atoms with E-state index in [-0.39, 0.29) is 0 Å². The summed E-state index contributed by atoms with van der Waals surface area (Å²) < 4.78 is 1.97. The second kappa shape index (κ2) is 4.30. The van der Waals surface area contributed by atoms with Crippen LogP contribution >= 0.6 is 0 Å². The van der Waals surface area contributed by atoms with Gasteiger partial charge in [0.2, 0.25) is 0 Å². The molecule has 0 N–H and O–H groups in total. The van der Waals surface area contributed by atoms with Gasteiger partial charge in [0.1, 0.15) is 0 Å². The molecule has 1 heterocycles. The summed E-state index contributed by atoms with van der Waals surface area (Å²) in [7, 11) is 1.99. The maximum Gasteiger partial charge on any atom is 0.0951 e. The van der Waals surface area contributed by atoms with Gasteiger partial charge in [-0.25, -0.2) is 4.98 Å². The lowest BCUT2D eigenvalue weighted by atomic mass is 10.1. The molecule has 1 aromatic heterocycles. The number of hydrogen-bond acceptors (Lipinski definition) is 1. The molecule has 0 unspecified atom stereocenters. The van der Waals surface area contributed by atoms with E-state index in [1.165, 1.54) is 17.5 Å². The molecule has 0 fully saturated rings. The summed E-state index contributed by atoms with van der Waals surface area (Å²) in [6.07, 6.45) is 6.22. The summed E-state index contributed by atoms with van der Waals surface area (Å²) in [5.74, 6) is 0. The molecule has 0 atom stereocenters. The molecule has 0 bridgehead atoms. The minimum absolute atomic E-state index is 1.04. The highest BCUT2D eigenvalue weighted by Gasteiger charge is 2.00. The zero-order valence-corrected chi connectivity index (χ0v) is 9.27. The molecule has 2 aromatic rings. The summed E-state index contributed by atoms with van der Waals surface area (Å²) in [6.45, 7) is 2.20. The van der Waals surface area contributed by atoms with Crippen molar-refractivity contribution >= 4 is 0 Å².